The number of benzene rings is 1. The fourth-order valence-corrected chi connectivity index (χ4v) is 2.38. The van der Waals surface area contributed by atoms with Crippen molar-refractivity contribution >= 4 is 5.91 Å². The van der Waals surface area contributed by atoms with Crippen LogP contribution in [0.25, 0.3) is 0 Å². The van der Waals surface area contributed by atoms with Crippen LogP contribution >= 0.6 is 0 Å². The first kappa shape index (κ1) is 17.3. The van der Waals surface area contributed by atoms with Gasteiger partial charge in [-0.25, -0.2) is 0 Å². The molecule has 0 spiro atoms. The van der Waals surface area contributed by atoms with E-state index in [1.165, 1.54) is 11.1 Å². The Hall–Kier alpha value is -2.07. The molecule has 23 heavy (non-hydrogen) atoms. The summed E-state index contributed by atoms with van der Waals surface area (Å²) in [5, 5.41) is 13.1. The predicted molar refractivity (Wildman–Crippen MR) is 90.1 cm³/mol. The number of hydrogen-bond acceptors (Lipinski definition) is 3. The standard InChI is InChI=1S/C19H25NO3/c1-14-7-10-16(11-8-14)5-4-6-18(21)20-13-19(3,22)17-12-9-15(2)23-17/h7-12,22H,4-6,13H2,1-3H3,(H,20,21). The van der Waals surface area contributed by atoms with Crippen molar-refractivity contribution in [2.24, 2.45) is 0 Å². The topological polar surface area (TPSA) is 62.5 Å². The molecule has 1 amide bonds. The number of rotatable bonds is 7. The molecule has 4 heteroatoms. The average Bonchev–Trinajstić information content (AvgIpc) is 2.95. The summed E-state index contributed by atoms with van der Waals surface area (Å²) in [7, 11) is 0. The zero-order valence-electron chi connectivity index (χ0n) is 14.1. The molecule has 1 aromatic carbocycles. The van der Waals surface area contributed by atoms with Gasteiger partial charge >= 0.3 is 0 Å². The van der Waals surface area contributed by atoms with Gasteiger partial charge in [0.15, 0.2) is 0 Å². The monoisotopic (exact) mass is 315 g/mol. The summed E-state index contributed by atoms with van der Waals surface area (Å²) in [6.45, 7) is 5.66. The molecule has 0 bridgehead atoms. The minimum Gasteiger partial charge on any atom is -0.463 e. The highest BCUT2D eigenvalue weighted by atomic mass is 16.4. The Kier molecular flexibility index (Phi) is 5.61. The Bertz CT molecular complexity index is 641. The van der Waals surface area contributed by atoms with Crippen LogP contribution in [0.2, 0.25) is 0 Å². The largest absolute Gasteiger partial charge is 0.463 e. The fourth-order valence-electron chi connectivity index (χ4n) is 2.38. The van der Waals surface area contributed by atoms with Crippen molar-refractivity contribution in [3.8, 4) is 0 Å². The maximum atomic E-state index is 11.9. The van der Waals surface area contributed by atoms with Gasteiger partial charge in [0.2, 0.25) is 5.91 Å². The first-order valence-electron chi connectivity index (χ1n) is 7.98. The molecule has 0 saturated heterocycles. The number of carbonyl (C=O) groups excluding carboxylic acids is 1. The Balaban J connectivity index is 1.73. The number of aryl methyl sites for hydroxylation is 3. The molecule has 0 fully saturated rings. The molecule has 1 heterocycles. The van der Waals surface area contributed by atoms with E-state index in [2.05, 4.69) is 36.5 Å². The van der Waals surface area contributed by atoms with Gasteiger partial charge in [-0.15, -0.1) is 0 Å². The first-order valence-corrected chi connectivity index (χ1v) is 7.98. The van der Waals surface area contributed by atoms with Gasteiger partial charge in [-0.1, -0.05) is 29.8 Å². The van der Waals surface area contributed by atoms with E-state index in [1.54, 1.807) is 19.1 Å². The van der Waals surface area contributed by atoms with E-state index in [4.69, 9.17) is 4.42 Å². The molecule has 1 atom stereocenters. The Morgan fingerprint density at radius 2 is 1.87 bits per heavy atom. The molecule has 0 aliphatic heterocycles. The van der Waals surface area contributed by atoms with Crippen LogP contribution in [0, 0.1) is 13.8 Å². The first-order chi connectivity index (χ1) is 10.9. The summed E-state index contributed by atoms with van der Waals surface area (Å²) in [5.41, 5.74) is 1.28. The highest BCUT2D eigenvalue weighted by molar-refractivity contribution is 5.75. The molecule has 2 rings (SSSR count). The molecule has 124 valence electrons. The highest BCUT2D eigenvalue weighted by Gasteiger charge is 2.27. The van der Waals surface area contributed by atoms with Crippen molar-refractivity contribution in [2.75, 3.05) is 6.54 Å². The van der Waals surface area contributed by atoms with Gasteiger partial charge in [0.25, 0.3) is 0 Å². The number of carbonyl (C=O) groups is 1. The Labute approximate surface area is 137 Å². The Morgan fingerprint density at radius 1 is 1.17 bits per heavy atom. The third-order valence-corrected chi connectivity index (χ3v) is 3.89. The number of hydrogen-bond donors (Lipinski definition) is 2. The summed E-state index contributed by atoms with van der Waals surface area (Å²) in [5.74, 6) is 1.15. The third-order valence-electron chi connectivity index (χ3n) is 3.89. The van der Waals surface area contributed by atoms with Crippen LogP contribution in [0.15, 0.2) is 40.8 Å². The van der Waals surface area contributed by atoms with Crippen molar-refractivity contribution in [3.63, 3.8) is 0 Å². The molecule has 2 N–H and O–H groups in total. The Morgan fingerprint density at radius 3 is 2.48 bits per heavy atom. The number of furan rings is 1. The molecule has 0 saturated carbocycles. The van der Waals surface area contributed by atoms with Gasteiger partial charge in [0.1, 0.15) is 17.1 Å². The maximum absolute atomic E-state index is 11.9. The highest BCUT2D eigenvalue weighted by Crippen LogP contribution is 2.21. The maximum Gasteiger partial charge on any atom is 0.220 e. The molecule has 1 unspecified atom stereocenters. The molecular formula is C19H25NO3. The zero-order chi connectivity index (χ0) is 16.9. The molecule has 1 aromatic heterocycles. The van der Waals surface area contributed by atoms with Crippen molar-refractivity contribution < 1.29 is 14.3 Å². The van der Waals surface area contributed by atoms with Gasteiger partial charge in [0.05, 0.1) is 6.54 Å². The smallest absolute Gasteiger partial charge is 0.220 e. The summed E-state index contributed by atoms with van der Waals surface area (Å²) < 4.78 is 5.43. The molecular weight excluding hydrogens is 290 g/mol. The van der Waals surface area contributed by atoms with Crippen molar-refractivity contribution in [1.82, 2.24) is 5.32 Å². The zero-order valence-corrected chi connectivity index (χ0v) is 14.1. The van der Waals surface area contributed by atoms with Crippen LogP contribution < -0.4 is 5.32 Å². The van der Waals surface area contributed by atoms with Gasteiger partial charge in [-0.3, -0.25) is 4.79 Å². The average molecular weight is 315 g/mol. The van der Waals surface area contributed by atoms with Crippen LogP contribution in [0.5, 0.6) is 0 Å². The normalized spacial score (nSPS) is 13.6. The quantitative estimate of drug-likeness (QED) is 0.824. The lowest BCUT2D eigenvalue weighted by molar-refractivity contribution is -0.122. The minimum absolute atomic E-state index is 0.0549. The van der Waals surface area contributed by atoms with Gasteiger partial charge in [0, 0.05) is 6.42 Å². The van der Waals surface area contributed by atoms with E-state index < -0.39 is 5.60 Å². The van der Waals surface area contributed by atoms with Crippen LogP contribution in [0.4, 0.5) is 0 Å². The van der Waals surface area contributed by atoms with Gasteiger partial charge in [-0.05, 0) is 51.3 Å². The molecule has 4 nitrogen and oxygen atoms in total. The lowest BCUT2D eigenvalue weighted by Gasteiger charge is -2.21. The van der Waals surface area contributed by atoms with Gasteiger partial charge < -0.3 is 14.8 Å². The molecule has 0 radical (unpaired) electrons. The van der Waals surface area contributed by atoms with Crippen LogP contribution in [-0.2, 0) is 16.8 Å². The van der Waals surface area contributed by atoms with Crippen LogP contribution in [0.1, 0.15) is 42.4 Å². The molecule has 0 aliphatic carbocycles. The number of nitrogens with one attached hydrogen (secondary N) is 1. The second-order valence-corrected chi connectivity index (χ2v) is 6.30. The SMILES string of the molecule is Cc1ccc(CCCC(=O)NCC(C)(O)c2ccc(C)o2)cc1. The summed E-state index contributed by atoms with van der Waals surface area (Å²) in [6.07, 6.45) is 2.11. The second-order valence-electron chi connectivity index (χ2n) is 6.30. The third kappa shape index (κ3) is 5.25. The summed E-state index contributed by atoms with van der Waals surface area (Å²) in [6, 6.07) is 11.9. The predicted octanol–water partition coefficient (Wildman–Crippen LogP) is 3.24. The number of amides is 1. The van der Waals surface area contributed by atoms with Gasteiger partial charge in [-0.2, -0.15) is 0 Å². The molecule has 0 aliphatic rings. The van der Waals surface area contributed by atoms with E-state index in [0.717, 1.165) is 18.6 Å². The van der Waals surface area contributed by atoms with E-state index >= 15 is 0 Å². The van der Waals surface area contributed by atoms with E-state index in [1.807, 2.05) is 6.92 Å². The van der Waals surface area contributed by atoms with E-state index in [-0.39, 0.29) is 12.5 Å². The minimum atomic E-state index is -1.19. The lowest BCUT2D eigenvalue weighted by Crippen LogP contribution is -2.38. The van der Waals surface area contributed by atoms with Crippen LogP contribution in [-0.4, -0.2) is 17.6 Å². The van der Waals surface area contributed by atoms with Crippen LogP contribution in [0.3, 0.4) is 0 Å². The second kappa shape index (κ2) is 7.47. The van der Waals surface area contributed by atoms with Crippen molar-refractivity contribution in [2.45, 2.75) is 45.6 Å². The lowest BCUT2D eigenvalue weighted by atomic mass is 10.0. The summed E-state index contributed by atoms with van der Waals surface area (Å²) >= 11 is 0. The van der Waals surface area contributed by atoms with Crippen molar-refractivity contribution in [1.29, 1.82) is 0 Å². The fraction of sp³-hybridized carbons (Fsp3) is 0.421. The summed E-state index contributed by atoms with van der Waals surface area (Å²) in [4.78, 5) is 11.9. The number of aliphatic hydroxyl groups is 1. The molecule has 2 aromatic rings. The van der Waals surface area contributed by atoms with E-state index in [9.17, 15) is 9.90 Å². The van der Waals surface area contributed by atoms with E-state index in [0.29, 0.717) is 12.2 Å². The van der Waals surface area contributed by atoms with Crippen molar-refractivity contribution in [3.05, 3.63) is 59.0 Å².